The topological polar surface area (TPSA) is 60.2 Å². The van der Waals surface area contributed by atoms with Crippen LogP contribution in [0.25, 0.3) is 0 Å². The number of nitro benzene ring substituents is 1. The van der Waals surface area contributed by atoms with Crippen LogP contribution < -0.4 is 0 Å². The van der Waals surface area contributed by atoms with Gasteiger partial charge in [0.25, 0.3) is 5.69 Å². The average molecular weight is 293 g/mol. The fourth-order valence-corrected chi connectivity index (χ4v) is 2.08. The molecule has 0 saturated carbocycles. The summed E-state index contributed by atoms with van der Waals surface area (Å²) in [5.41, 5.74) is 0.0521. The molecule has 0 radical (unpaired) electrons. The Kier molecular flexibility index (Phi) is 3.82. The van der Waals surface area contributed by atoms with E-state index in [1.54, 1.807) is 6.07 Å². The highest BCUT2D eigenvalue weighted by Gasteiger charge is 2.25. The predicted octanol–water partition coefficient (Wildman–Crippen LogP) is 3.23. The first kappa shape index (κ1) is 12.1. The van der Waals surface area contributed by atoms with Gasteiger partial charge in [0.2, 0.25) is 0 Å². The Morgan fingerprint density at radius 3 is 2.67 bits per heavy atom. The SMILES string of the molecule is CC(=O)C(Cl)c1c(Br)cccc1[N+](=O)[O-]. The number of benzene rings is 1. The Balaban J connectivity index is 3.37. The lowest BCUT2D eigenvalue weighted by atomic mass is 10.1. The van der Waals surface area contributed by atoms with Crippen LogP contribution in [-0.4, -0.2) is 10.7 Å². The van der Waals surface area contributed by atoms with Crippen LogP contribution in [0, 0.1) is 10.1 Å². The number of ketones is 1. The third kappa shape index (κ3) is 2.54. The number of Topliss-reactive ketones (excluding diaryl/α,β-unsaturated/α-hetero) is 1. The molecular formula is C9H7BrClNO3. The van der Waals surface area contributed by atoms with E-state index in [4.69, 9.17) is 11.6 Å². The van der Waals surface area contributed by atoms with E-state index < -0.39 is 10.3 Å². The summed E-state index contributed by atoms with van der Waals surface area (Å²) in [7, 11) is 0. The lowest BCUT2D eigenvalue weighted by Crippen LogP contribution is -2.06. The number of hydrogen-bond donors (Lipinski definition) is 0. The van der Waals surface area contributed by atoms with Gasteiger partial charge in [0.15, 0.2) is 5.78 Å². The van der Waals surface area contributed by atoms with E-state index in [-0.39, 0.29) is 17.0 Å². The largest absolute Gasteiger partial charge is 0.298 e. The van der Waals surface area contributed by atoms with Crippen LogP contribution in [0.1, 0.15) is 17.9 Å². The molecule has 0 spiro atoms. The zero-order valence-corrected chi connectivity index (χ0v) is 10.1. The zero-order chi connectivity index (χ0) is 11.6. The van der Waals surface area contributed by atoms with Crippen molar-refractivity contribution in [2.45, 2.75) is 12.3 Å². The van der Waals surface area contributed by atoms with Gasteiger partial charge in [-0.05, 0) is 13.0 Å². The molecule has 0 amide bonds. The minimum absolute atomic E-state index is 0.153. The second kappa shape index (κ2) is 4.72. The van der Waals surface area contributed by atoms with E-state index in [9.17, 15) is 14.9 Å². The van der Waals surface area contributed by atoms with Crippen LogP contribution in [0.3, 0.4) is 0 Å². The van der Waals surface area contributed by atoms with Crippen molar-refractivity contribution < 1.29 is 9.72 Å². The normalized spacial score (nSPS) is 12.2. The molecule has 0 aliphatic heterocycles. The summed E-state index contributed by atoms with van der Waals surface area (Å²) in [5.74, 6) is -0.327. The van der Waals surface area contributed by atoms with E-state index in [2.05, 4.69) is 15.9 Å². The summed E-state index contributed by atoms with van der Waals surface area (Å²) in [6.45, 7) is 1.29. The van der Waals surface area contributed by atoms with Gasteiger partial charge in [-0.2, -0.15) is 0 Å². The van der Waals surface area contributed by atoms with E-state index in [1.165, 1.54) is 19.1 Å². The maximum Gasteiger partial charge on any atom is 0.275 e. The van der Waals surface area contributed by atoms with Crippen LogP contribution in [0.5, 0.6) is 0 Å². The number of hydrogen-bond acceptors (Lipinski definition) is 3. The Morgan fingerprint density at radius 2 is 2.20 bits per heavy atom. The molecule has 4 nitrogen and oxygen atoms in total. The Labute approximate surface area is 99.5 Å². The zero-order valence-electron chi connectivity index (χ0n) is 7.74. The van der Waals surface area contributed by atoms with Gasteiger partial charge in [-0.3, -0.25) is 14.9 Å². The highest BCUT2D eigenvalue weighted by atomic mass is 79.9. The number of halogens is 2. The van der Waals surface area contributed by atoms with Gasteiger partial charge in [-0.1, -0.05) is 22.0 Å². The Morgan fingerprint density at radius 1 is 1.60 bits per heavy atom. The van der Waals surface area contributed by atoms with Crippen molar-refractivity contribution in [2.24, 2.45) is 0 Å². The van der Waals surface area contributed by atoms with Gasteiger partial charge in [0.05, 0.1) is 10.5 Å². The lowest BCUT2D eigenvalue weighted by molar-refractivity contribution is -0.385. The van der Waals surface area contributed by atoms with Gasteiger partial charge in [-0.25, -0.2) is 0 Å². The van der Waals surface area contributed by atoms with Crippen molar-refractivity contribution in [3.63, 3.8) is 0 Å². The van der Waals surface area contributed by atoms with Gasteiger partial charge < -0.3 is 0 Å². The highest BCUT2D eigenvalue weighted by molar-refractivity contribution is 9.10. The number of carbonyl (C=O) groups excluding carboxylic acids is 1. The Bertz CT molecular complexity index is 422. The summed E-state index contributed by atoms with van der Waals surface area (Å²) in [5, 5.41) is 9.72. The fraction of sp³-hybridized carbons (Fsp3) is 0.222. The van der Waals surface area contributed by atoms with Crippen LogP contribution in [0.15, 0.2) is 22.7 Å². The molecular weight excluding hydrogens is 285 g/mol. The third-order valence-electron chi connectivity index (χ3n) is 1.84. The maximum atomic E-state index is 11.1. The third-order valence-corrected chi connectivity index (χ3v) is 3.05. The molecule has 0 bridgehead atoms. The number of nitrogens with zero attached hydrogens (tertiary/aromatic N) is 1. The van der Waals surface area contributed by atoms with Crippen molar-refractivity contribution in [1.29, 1.82) is 0 Å². The number of nitro groups is 1. The van der Waals surface area contributed by atoms with Gasteiger partial charge in [-0.15, -0.1) is 11.6 Å². The van der Waals surface area contributed by atoms with Gasteiger partial charge >= 0.3 is 0 Å². The summed E-state index contributed by atoms with van der Waals surface area (Å²) in [6.07, 6.45) is 0. The van der Waals surface area contributed by atoms with Crippen LogP contribution in [0.4, 0.5) is 5.69 Å². The molecule has 1 aromatic carbocycles. The molecule has 0 aliphatic carbocycles. The van der Waals surface area contributed by atoms with Crippen LogP contribution >= 0.6 is 27.5 Å². The number of rotatable bonds is 3. The van der Waals surface area contributed by atoms with E-state index >= 15 is 0 Å². The quantitative estimate of drug-likeness (QED) is 0.488. The highest BCUT2D eigenvalue weighted by Crippen LogP contribution is 2.35. The minimum atomic E-state index is -0.999. The van der Waals surface area contributed by atoms with E-state index in [0.717, 1.165) is 0 Å². The first-order valence-corrected chi connectivity index (χ1v) is 5.25. The molecule has 0 aliphatic rings. The minimum Gasteiger partial charge on any atom is -0.298 e. The molecule has 0 heterocycles. The van der Waals surface area contributed by atoms with Crippen molar-refractivity contribution in [3.05, 3.63) is 38.3 Å². The molecule has 6 heteroatoms. The second-order valence-corrected chi connectivity index (χ2v) is 4.19. The molecule has 0 N–H and O–H groups in total. The summed E-state index contributed by atoms with van der Waals surface area (Å²) in [4.78, 5) is 21.3. The molecule has 1 aromatic rings. The van der Waals surface area contributed by atoms with Crippen molar-refractivity contribution >= 4 is 39.0 Å². The van der Waals surface area contributed by atoms with Crippen molar-refractivity contribution in [3.8, 4) is 0 Å². The second-order valence-electron chi connectivity index (χ2n) is 2.90. The van der Waals surface area contributed by atoms with Crippen LogP contribution in [-0.2, 0) is 4.79 Å². The first-order chi connectivity index (χ1) is 6.95. The van der Waals surface area contributed by atoms with Gasteiger partial charge in [0.1, 0.15) is 5.38 Å². The summed E-state index contributed by atoms with van der Waals surface area (Å²) in [6, 6.07) is 4.45. The molecule has 0 aromatic heterocycles. The molecule has 15 heavy (non-hydrogen) atoms. The van der Waals surface area contributed by atoms with Crippen LogP contribution in [0.2, 0.25) is 0 Å². The molecule has 1 rings (SSSR count). The number of carbonyl (C=O) groups is 1. The molecule has 1 unspecified atom stereocenters. The summed E-state index contributed by atoms with van der Waals surface area (Å²) < 4.78 is 0.465. The lowest BCUT2D eigenvalue weighted by Gasteiger charge is -2.08. The molecule has 0 saturated heterocycles. The fourth-order valence-electron chi connectivity index (χ4n) is 1.14. The van der Waals surface area contributed by atoms with Crippen molar-refractivity contribution in [1.82, 2.24) is 0 Å². The molecule has 1 atom stereocenters. The smallest absolute Gasteiger partial charge is 0.275 e. The molecule has 0 fully saturated rings. The van der Waals surface area contributed by atoms with Crippen molar-refractivity contribution in [2.75, 3.05) is 0 Å². The maximum absolute atomic E-state index is 11.1. The monoisotopic (exact) mass is 291 g/mol. The standard InChI is InChI=1S/C9H7BrClNO3/c1-5(13)9(11)8-6(10)3-2-4-7(8)12(14)15/h2-4,9H,1H3. The van der Waals surface area contributed by atoms with Gasteiger partial charge in [0, 0.05) is 10.5 Å². The Hall–Kier alpha value is -0.940. The van der Waals surface area contributed by atoms with E-state index in [1.807, 2.05) is 0 Å². The number of alkyl halides is 1. The average Bonchev–Trinajstić information content (AvgIpc) is 2.16. The molecule has 80 valence electrons. The summed E-state index contributed by atoms with van der Waals surface area (Å²) >= 11 is 8.95. The first-order valence-electron chi connectivity index (χ1n) is 4.02. The predicted molar refractivity (Wildman–Crippen MR) is 60.1 cm³/mol. The van der Waals surface area contributed by atoms with E-state index in [0.29, 0.717) is 4.47 Å².